The summed E-state index contributed by atoms with van der Waals surface area (Å²) in [7, 11) is 0. The first-order valence-electron chi connectivity index (χ1n) is 6.94. The molecular weight excluding hydrogens is 227 g/mol. The molecule has 18 heavy (non-hydrogen) atoms. The van der Waals surface area contributed by atoms with Gasteiger partial charge in [-0.25, -0.2) is 4.39 Å². The average molecular weight is 250 g/mol. The predicted octanol–water partition coefficient (Wildman–Crippen LogP) is 3.54. The summed E-state index contributed by atoms with van der Waals surface area (Å²) in [6.07, 6.45) is 6.01. The van der Waals surface area contributed by atoms with Gasteiger partial charge < -0.3 is 11.1 Å². The predicted molar refractivity (Wildman–Crippen MR) is 74.1 cm³/mol. The van der Waals surface area contributed by atoms with Gasteiger partial charge in [0.2, 0.25) is 0 Å². The van der Waals surface area contributed by atoms with Crippen LogP contribution in [0.3, 0.4) is 0 Å². The number of hydrogen-bond acceptors (Lipinski definition) is 2. The Labute approximate surface area is 109 Å². The monoisotopic (exact) mass is 250 g/mol. The zero-order valence-electron chi connectivity index (χ0n) is 11.1. The van der Waals surface area contributed by atoms with Crippen LogP contribution < -0.4 is 11.1 Å². The maximum Gasteiger partial charge on any atom is 0.123 e. The molecule has 1 aromatic carbocycles. The fourth-order valence-electron chi connectivity index (χ4n) is 3.21. The average Bonchev–Trinajstić information content (AvgIpc) is 2.42. The van der Waals surface area contributed by atoms with E-state index < -0.39 is 0 Å². The standard InChI is InChI=1S/C15H23FN2/c1-2-12-5-3-4-10-15(12,11-17)18-14-8-6-13(16)7-9-14/h6-9,12,18H,2-5,10-11,17H2,1H3. The molecule has 0 heterocycles. The Kier molecular flexibility index (Phi) is 4.23. The number of halogens is 1. The highest BCUT2D eigenvalue weighted by molar-refractivity contribution is 5.46. The fraction of sp³-hybridized carbons (Fsp3) is 0.600. The Morgan fingerprint density at radius 3 is 2.67 bits per heavy atom. The highest BCUT2D eigenvalue weighted by Gasteiger charge is 2.38. The van der Waals surface area contributed by atoms with Crippen LogP contribution in [0, 0.1) is 11.7 Å². The van der Waals surface area contributed by atoms with Crippen LogP contribution in [0.25, 0.3) is 0 Å². The molecule has 0 radical (unpaired) electrons. The molecule has 3 N–H and O–H groups in total. The SMILES string of the molecule is CCC1CCCCC1(CN)Nc1ccc(F)cc1. The van der Waals surface area contributed by atoms with Gasteiger partial charge in [-0.1, -0.05) is 26.2 Å². The van der Waals surface area contributed by atoms with Crippen molar-refractivity contribution in [3.05, 3.63) is 30.1 Å². The highest BCUT2D eigenvalue weighted by Crippen LogP contribution is 2.37. The Morgan fingerprint density at radius 2 is 2.06 bits per heavy atom. The Morgan fingerprint density at radius 1 is 1.33 bits per heavy atom. The van der Waals surface area contributed by atoms with Crippen LogP contribution in [0.4, 0.5) is 10.1 Å². The summed E-state index contributed by atoms with van der Waals surface area (Å²) in [5.74, 6) is 0.416. The van der Waals surface area contributed by atoms with Crippen LogP contribution in [0.2, 0.25) is 0 Å². The van der Waals surface area contributed by atoms with E-state index in [0.29, 0.717) is 12.5 Å². The van der Waals surface area contributed by atoms with E-state index in [1.165, 1.54) is 31.4 Å². The first kappa shape index (κ1) is 13.3. The maximum atomic E-state index is 12.9. The van der Waals surface area contributed by atoms with E-state index in [9.17, 15) is 4.39 Å². The van der Waals surface area contributed by atoms with Gasteiger partial charge in [0.15, 0.2) is 0 Å². The third kappa shape index (κ3) is 2.66. The second kappa shape index (κ2) is 5.70. The van der Waals surface area contributed by atoms with Gasteiger partial charge in [0, 0.05) is 12.2 Å². The highest BCUT2D eigenvalue weighted by atomic mass is 19.1. The molecule has 100 valence electrons. The lowest BCUT2D eigenvalue weighted by Gasteiger charge is -2.44. The molecule has 0 saturated heterocycles. The van der Waals surface area contributed by atoms with Crippen molar-refractivity contribution in [1.82, 2.24) is 0 Å². The normalized spacial score (nSPS) is 28.1. The minimum Gasteiger partial charge on any atom is -0.378 e. The first-order valence-corrected chi connectivity index (χ1v) is 6.94. The second-order valence-electron chi connectivity index (χ2n) is 5.34. The van der Waals surface area contributed by atoms with E-state index in [4.69, 9.17) is 5.73 Å². The smallest absolute Gasteiger partial charge is 0.123 e. The molecular formula is C15H23FN2. The van der Waals surface area contributed by atoms with Crippen LogP contribution in [-0.4, -0.2) is 12.1 Å². The molecule has 0 amide bonds. The van der Waals surface area contributed by atoms with Gasteiger partial charge in [0.05, 0.1) is 5.54 Å². The molecule has 2 atom stereocenters. The summed E-state index contributed by atoms with van der Waals surface area (Å²) in [5, 5.41) is 3.58. The molecule has 1 aliphatic carbocycles. The van der Waals surface area contributed by atoms with Gasteiger partial charge >= 0.3 is 0 Å². The fourth-order valence-corrected chi connectivity index (χ4v) is 3.21. The number of rotatable bonds is 4. The molecule has 0 aliphatic heterocycles. The summed E-state index contributed by atoms with van der Waals surface area (Å²) < 4.78 is 12.9. The zero-order chi connectivity index (χ0) is 13.0. The van der Waals surface area contributed by atoms with E-state index >= 15 is 0 Å². The van der Waals surface area contributed by atoms with Crippen LogP contribution >= 0.6 is 0 Å². The Bertz CT molecular complexity index is 377. The molecule has 0 aromatic heterocycles. The van der Waals surface area contributed by atoms with Gasteiger partial charge in [-0.2, -0.15) is 0 Å². The third-order valence-corrected chi connectivity index (χ3v) is 4.30. The summed E-state index contributed by atoms with van der Waals surface area (Å²) in [4.78, 5) is 0. The number of nitrogens with one attached hydrogen (secondary N) is 1. The van der Waals surface area contributed by atoms with Gasteiger partial charge in [-0.05, 0) is 43.0 Å². The van der Waals surface area contributed by atoms with Gasteiger partial charge in [-0.15, -0.1) is 0 Å². The van der Waals surface area contributed by atoms with Gasteiger partial charge in [-0.3, -0.25) is 0 Å². The Balaban J connectivity index is 2.18. The molecule has 2 nitrogen and oxygen atoms in total. The summed E-state index contributed by atoms with van der Waals surface area (Å²) in [6, 6.07) is 6.59. The van der Waals surface area contributed by atoms with Crippen LogP contribution in [-0.2, 0) is 0 Å². The lowest BCUT2D eigenvalue weighted by Crippen LogP contribution is -2.53. The molecule has 1 fully saturated rings. The first-order chi connectivity index (χ1) is 8.70. The van der Waals surface area contributed by atoms with E-state index in [-0.39, 0.29) is 11.4 Å². The summed E-state index contributed by atoms with van der Waals surface area (Å²) >= 11 is 0. The molecule has 1 aliphatic rings. The quantitative estimate of drug-likeness (QED) is 0.857. The molecule has 1 aromatic rings. The molecule has 1 saturated carbocycles. The van der Waals surface area contributed by atoms with Crippen molar-refractivity contribution in [2.75, 3.05) is 11.9 Å². The number of nitrogens with two attached hydrogens (primary N) is 1. The van der Waals surface area contributed by atoms with Crippen LogP contribution in [0.15, 0.2) is 24.3 Å². The van der Waals surface area contributed by atoms with Crippen LogP contribution in [0.1, 0.15) is 39.0 Å². The number of hydrogen-bond donors (Lipinski definition) is 2. The summed E-state index contributed by atoms with van der Waals surface area (Å²) in [6.45, 7) is 2.87. The van der Waals surface area contributed by atoms with Crippen molar-refractivity contribution in [3.63, 3.8) is 0 Å². The minimum absolute atomic E-state index is 0.00910. The lowest BCUT2D eigenvalue weighted by molar-refractivity contribution is 0.212. The topological polar surface area (TPSA) is 38.0 Å². The van der Waals surface area contributed by atoms with E-state index in [1.807, 2.05) is 0 Å². The second-order valence-corrected chi connectivity index (χ2v) is 5.34. The molecule has 3 heteroatoms. The minimum atomic E-state index is -0.196. The maximum absolute atomic E-state index is 12.9. The molecule has 2 rings (SSSR count). The van der Waals surface area contributed by atoms with Crippen molar-refractivity contribution in [3.8, 4) is 0 Å². The Hall–Kier alpha value is -1.09. The molecule has 0 spiro atoms. The lowest BCUT2D eigenvalue weighted by atomic mass is 9.71. The van der Waals surface area contributed by atoms with Crippen molar-refractivity contribution in [2.45, 2.75) is 44.6 Å². The molecule has 0 bridgehead atoms. The third-order valence-electron chi connectivity index (χ3n) is 4.30. The van der Waals surface area contributed by atoms with Crippen molar-refractivity contribution >= 4 is 5.69 Å². The van der Waals surface area contributed by atoms with E-state index in [2.05, 4.69) is 12.2 Å². The molecule has 2 unspecified atom stereocenters. The van der Waals surface area contributed by atoms with Crippen molar-refractivity contribution in [1.29, 1.82) is 0 Å². The van der Waals surface area contributed by atoms with Gasteiger partial charge in [0.1, 0.15) is 5.82 Å². The van der Waals surface area contributed by atoms with E-state index in [0.717, 1.165) is 18.5 Å². The van der Waals surface area contributed by atoms with Crippen molar-refractivity contribution < 1.29 is 4.39 Å². The number of benzene rings is 1. The van der Waals surface area contributed by atoms with Crippen molar-refractivity contribution in [2.24, 2.45) is 11.7 Å². The van der Waals surface area contributed by atoms with Gasteiger partial charge in [0.25, 0.3) is 0 Å². The van der Waals surface area contributed by atoms with Crippen LogP contribution in [0.5, 0.6) is 0 Å². The number of anilines is 1. The largest absolute Gasteiger partial charge is 0.378 e. The summed E-state index contributed by atoms with van der Waals surface area (Å²) in [5.41, 5.74) is 7.01. The zero-order valence-corrected chi connectivity index (χ0v) is 11.1. The van der Waals surface area contributed by atoms with E-state index in [1.54, 1.807) is 12.1 Å².